The smallest absolute Gasteiger partial charge is 0.260 e. The van der Waals surface area contributed by atoms with Gasteiger partial charge in [0.1, 0.15) is 0 Å². The lowest BCUT2D eigenvalue weighted by atomic mass is 10.1. The molecule has 0 radical (unpaired) electrons. The Bertz CT molecular complexity index is 611. The molecule has 0 unspecified atom stereocenters. The number of aromatic nitrogens is 1. The summed E-state index contributed by atoms with van der Waals surface area (Å²) in [7, 11) is 1.78. The number of nitrogens with one attached hydrogen (secondary N) is 1. The van der Waals surface area contributed by atoms with Gasteiger partial charge in [0.25, 0.3) is 5.91 Å². The Labute approximate surface area is 125 Å². The molecule has 0 saturated carbocycles. The fourth-order valence-corrected chi connectivity index (χ4v) is 2.11. The van der Waals surface area contributed by atoms with E-state index in [-0.39, 0.29) is 5.91 Å². The molecule has 0 aliphatic rings. The van der Waals surface area contributed by atoms with E-state index in [1.807, 2.05) is 37.3 Å². The second kappa shape index (κ2) is 6.88. The molecule has 0 aliphatic heterocycles. The highest BCUT2D eigenvalue weighted by Gasteiger charge is 2.17. The van der Waals surface area contributed by atoms with Gasteiger partial charge in [-0.1, -0.05) is 18.6 Å². The fraction of sp³-hybridized carbons (Fsp3) is 0.294. The van der Waals surface area contributed by atoms with E-state index in [1.54, 1.807) is 24.3 Å². The van der Waals surface area contributed by atoms with E-state index in [2.05, 4.69) is 17.2 Å². The summed E-state index contributed by atoms with van der Waals surface area (Å²) in [6, 6.07) is 9.57. The summed E-state index contributed by atoms with van der Waals surface area (Å²) in [6.45, 7) is 4.95. The van der Waals surface area contributed by atoms with Crippen molar-refractivity contribution in [3.63, 3.8) is 0 Å². The normalized spacial score (nSPS) is 10.2. The van der Waals surface area contributed by atoms with Gasteiger partial charge >= 0.3 is 0 Å². The van der Waals surface area contributed by atoms with Crippen LogP contribution in [-0.2, 0) is 0 Å². The first-order valence-electron chi connectivity index (χ1n) is 7.16. The SMILES string of the molecule is CCCNc1ccc(C)cc1C(=O)N(C)c1ccncc1. The number of hydrogen-bond acceptors (Lipinski definition) is 3. The van der Waals surface area contributed by atoms with Crippen molar-refractivity contribution in [2.45, 2.75) is 20.3 Å². The van der Waals surface area contributed by atoms with Crippen molar-refractivity contribution < 1.29 is 4.79 Å². The summed E-state index contributed by atoms with van der Waals surface area (Å²) in [5, 5.41) is 3.32. The lowest BCUT2D eigenvalue weighted by Crippen LogP contribution is -2.27. The first-order valence-corrected chi connectivity index (χ1v) is 7.16. The van der Waals surface area contributed by atoms with Crippen molar-refractivity contribution in [2.24, 2.45) is 0 Å². The predicted octanol–water partition coefficient (Wildman–Crippen LogP) is 3.49. The van der Waals surface area contributed by atoms with Gasteiger partial charge in [-0.05, 0) is 37.6 Å². The van der Waals surface area contributed by atoms with Gasteiger partial charge in [0, 0.05) is 37.4 Å². The molecule has 21 heavy (non-hydrogen) atoms. The molecular formula is C17H21N3O. The van der Waals surface area contributed by atoms with Crippen molar-refractivity contribution in [3.05, 3.63) is 53.9 Å². The maximum Gasteiger partial charge on any atom is 0.260 e. The minimum atomic E-state index is -0.0245. The van der Waals surface area contributed by atoms with Gasteiger partial charge in [-0.2, -0.15) is 0 Å². The molecule has 0 aliphatic carbocycles. The molecule has 0 spiro atoms. The van der Waals surface area contributed by atoms with Crippen LogP contribution in [0.2, 0.25) is 0 Å². The third kappa shape index (κ3) is 3.60. The summed E-state index contributed by atoms with van der Waals surface area (Å²) < 4.78 is 0. The summed E-state index contributed by atoms with van der Waals surface area (Å²) >= 11 is 0. The molecule has 0 atom stereocenters. The zero-order valence-corrected chi connectivity index (χ0v) is 12.8. The largest absolute Gasteiger partial charge is 0.384 e. The van der Waals surface area contributed by atoms with Gasteiger partial charge in [0.05, 0.1) is 5.56 Å². The van der Waals surface area contributed by atoms with E-state index in [4.69, 9.17) is 0 Å². The van der Waals surface area contributed by atoms with Crippen LogP contribution in [0.1, 0.15) is 29.3 Å². The molecule has 110 valence electrons. The van der Waals surface area contributed by atoms with Crippen molar-refractivity contribution >= 4 is 17.3 Å². The van der Waals surface area contributed by atoms with Crippen LogP contribution in [0.3, 0.4) is 0 Å². The van der Waals surface area contributed by atoms with Crippen LogP contribution in [0.25, 0.3) is 0 Å². The second-order valence-electron chi connectivity index (χ2n) is 5.05. The minimum absolute atomic E-state index is 0.0245. The van der Waals surface area contributed by atoms with Gasteiger partial charge < -0.3 is 10.2 Å². The minimum Gasteiger partial charge on any atom is -0.384 e. The molecule has 1 aromatic carbocycles. The third-order valence-electron chi connectivity index (χ3n) is 3.33. The van der Waals surface area contributed by atoms with Crippen molar-refractivity contribution in [1.82, 2.24) is 4.98 Å². The summed E-state index contributed by atoms with van der Waals surface area (Å²) in [5.41, 5.74) is 3.48. The van der Waals surface area contributed by atoms with Crippen molar-refractivity contribution in [3.8, 4) is 0 Å². The molecule has 2 aromatic rings. The van der Waals surface area contributed by atoms with Gasteiger partial charge in [-0.15, -0.1) is 0 Å². The first-order chi connectivity index (χ1) is 10.1. The monoisotopic (exact) mass is 283 g/mol. The number of benzene rings is 1. The summed E-state index contributed by atoms with van der Waals surface area (Å²) in [4.78, 5) is 18.4. The standard InChI is InChI=1S/C17H21N3O/c1-4-9-19-16-6-5-13(2)12-15(16)17(21)20(3)14-7-10-18-11-8-14/h5-8,10-12,19H,4,9H2,1-3H3. The molecule has 1 heterocycles. The van der Waals surface area contributed by atoms with E-state index < -0.39 is 0 Å². The fourth-order valence-electron chi connectivity index (χ4n) is 2.11. The Balaban J connectivity index is 2.31. The number of aryl methyl sites for hydroxylation is 1. The molecular weight excluding hydrogens is 262 g/mol. The van der Waals surface area contributed by atoms with E-state index in [1.165, 1.54) is 0 Å². The van der Waals surface area contributed by atoms with Crippen molar-refractivity contribution in [2.75, 3.05) is 23.8 Å². The van der Waals surface area contributed by atoms with Crippen LogP contribution in [0.15, 0.2) is 42.7 Å². The van der Waals surface area contributed by atoms with Crippen LogP contribution >= 0.6 is 0 Å². The van der Waals surface area contributed by atoms with Gasteiger partial charge in [-0.25, -0.2) is 0 Å². The van der Waals surface area contributed by atoms with Crippen LogP contribution in [0.4, 0.5) is 11.4 Å². The van der Waals surface area contributed by atoms with Crippen molar-refractivity contribution in [1.29, 1.82) is 0 Å². The molecule has 1 N–H and O–H groups in total. The number of anilines is 2. The molecule has 1 aromatic heterocycles. The molecule has 4 heteroatoms. The first kappa shape index (κ1) is 15.0. The van der Waals surface area contributed by atoms with E-state index in [9.17, 15) is 4.79 Å². The number of pyridine rings is 1. The van der Waals surface area contributed by atoms with Crippen LogP contribution < -0.4 is 10.2 Å². The zero-order chi connectivity index (χ0) is 15.2. The van der Waals surface area contributed by atoms with Gasteiger partial charge in [-0.3, -0.25) is 9.78 Å². The average molecular weight is 283 g/mol. The molecule has 0 saturated heterocycles. The highest BCUT2D eigenvalue weighted by Crippen LogP contribution is 2.22. The molecule has 2 rings (SSSR count). The number of carbonyl (C=O) groups is 1. The maximum absolute atomic E-state index is 12.7. The summed E-state index contributed by atoms with van der Waals surface area (Å²) in [6.07, 6.45) is 4.39. The van der Waals surface area contributed by atoms with Gasteiger partial charge in [0.15, 0.2) is 0 Å². The lowest BCUT2D eigenvalue weighted by molar-refractivity contribution is 0.0993. The summed E-state index contributed by atoms with van der Waals surface area (Å²) in [5.74, 6) is -0.0245. The second-order valence-corrected chi connectivity index (χ2v) is 5.05. The highest BCUT2D eigenvalue weighted by atomic mass is 16.2. The molecule has 0 bridgehead atoms. The van der Waals surface area contributed by atoms with E-state index >= 15 is 0 Å². The number of carbonyl (C=O) groups excluding carboxylic acids is 1. The zero-order valence-electron chi connectivity index (χ0n) is 12.8. The Kier molecular flexibility index (Phi) is 4.93. The Morgan fingerprint density at radius 2 is 1.95 bits per heavy atom. The molecule has 4 nitrogen and oxygen atoms in total. The molecule has 1 amide bonds. The Morgan fingerprint density at radius 1 is 1.24 bits per heavy atom. The Hall–Kier alpha value is -2.36. The topological polar surface area (TPSA) is 45.2 Å². The Morgan fingerprint density at radius 3 is 2.62 bits per heavy atom. The lowest BCUT2D eigenvalue weighted by Gasteiger charge is -2.20. The quantitative estimate of drug-likeness (QED) is 0.913. The number of amides is 1. The molecule has 0 fully saturated rings. The number of rotatable bonds is 5. The predicted molar refractivity (Wildman–Crippen MR) is 86.9 cm³/mol. The van der Waals surface area contributed by atoms with E-state index in [0.29, 0.717) is 5.56 Å². The van der Waals surface area contributed by atoms with E-state index in [0.717, 1.165) is 29.9 Å². The van der Waals surface area contributed by atoms with Crippen LogP contribution in [0.5, 0.6) is 0 Å². The maximum atomic E-state index is 12.7. The number of hydrogen-bond donors (Lipinski definition) is 1. The average Bonchev–Trinajstić information content (AvgIpc) is 2.53. The van der Waals surface area contributed by atoms with Gasteiger partial charge in [0.2, 0.25) is 0 Å². The van der Waals surface area contributed by atoms with Crippen LogP contribution in [0, 0.1) is 6.92 Å². The van der Waals surface area contributed by atoms with Crippen LogP contribution in [-0.4, -0.2) is 24.5 Å². The number of nitrogens with zero attached hydrogens (tertiary/aromatic N) is 2. The third-order valence-corrected chi connectivity index (χ3v) is 3.33. The highest BCUT2D eigenvalue weighted by molar-refractivity contribution is 6.09.